The Morgan fingerprint density at radius 3 is 0.925 bits per heavy atom. The maximum Gasteiger partial charge on any atom is 0.0803 e. The first-order valence-electron chi connectivity index (χ1n) is 24.6. The minimum Gasteiger partial charge on any atom is -0.309 e. The Kier molecular flexibility index (Phi) is 8.79. The van der Waals surface area contributed by atoms with Crippen molar-refractivity contribution in [2.24, 2.45) is 0 Å². The maximum absolute atomic E-state index is 2.77. The standard InChI is InChI=1S/C60H59N3Si4/c1-64(2)31-33-66(5,6)59-38-55(62-51-26-16-11-21-43(51)44-22-12-17-27-52(44)62)47(36-57(59)64)48-37-58-60(67(7,8)34-32-65(58,3)4)39-56(48)63-53-28-18-13-23-45(53)46-35-40(29-30-54(46)63)61-49-24-14-9-19-41(49)42-20-10-15-25-50(42)61/h9-30,35-39H,31-34H2,1-8H3. The number of benzene rings is 8. The lowest BCUT2D eigenvalue weighted by atomic mass is 10.00. The molecule has 3 nitrogen and oxygen atoms in total. The maximum atomic E-state index is 2.77. The third kappa shape index (κ3) is 5.97. The second-order valence-electron chi connectivity index (χ2n) is 22.7. The molecule has 0 spiro atoms. The molecule has 67 heavy (non-hydrogen) atoms. The molecule has 0 N–H and O–H groups in total. The lowest BCUT2D eigenvalue weighted by molar-refractivity contribution is 1.15. The van der Waals surface area contributed by atoms with Crippen LogP contribution in [0, 0.1) is 0 Å². The number of fused-ring (bicyclic) bond motifs is 11. The summed E-state index contributed by atoms with van der Waals surface area (Å²) in [5.41, 5.74) is 14.2. The minimum atomic E-state index is -1.78. The van der Waals surface area contributed by atoms with Gasteiger partial charge < -0.3 is 13.7 Å². The Balaban J connectivity index is 1.18. The van der Waals surface area contributed by atoms with Gasteiger partial charge in [0.15, 0.2) is 0 Å². The highest BCUT2D eigenvalue weighted by Gasteiger charge is 2.43. The van der Waals surface area contributed by atoms with E-state index in [1.54, 1.807) is 20.7 Å². The second kappa shape index (κ2) is 14.3. The molecule has 0 atom stereocenters. The summed E-state index contributed by atoms with van der Waals surface area (Å²) in [6, 6.07) is 69.1. The largest absolute Gasteiger partial charge is 0.309 e. The van der Waals surface area contributed by atoms with Crippen molar-refractivity contribution in [3.63, 3.8) is 0 Å². The smallest absolute Gasteiger partial charge is 0.0803 e. The minimum absolute atomic E-state index is 1.20. The van der Waals surface area contributed by atoms with Crippen molar-refractivity contribution < 1.29 is 0 Å². The molecule has 0 saturated heterocycles. The van der Waals surface area contributed by atoms with Gasteiger partial charge in [0, 0.05) is 49.1 Å². The molecule has 0 amide bonds. The van der Waals surface area contributed by atoms with E-state index in [1.165, 1.54) is 118 Å². The van der Waals surface area contributed by atoms with E-state index in [0.717, 1.165) is 0 Å². The topological polar surface area (TPSA) is 14.8 Å². The molecular weight excluding hydrogens is 875 g/mol. The predicted molar refractivity (Wildman–Crippen MR) is 303 cm³/mol. The van der Waals surface area contributed by atoms with E-state index in [2.05, 4.69) is 230 Å². The van der Waals surface area contributed by atoms with Crippen molar-refractivity contribution in [1.29, 1.82) is 0 Å². The van der Waals surface area contributed by atoms with Gasteiger partial charge in [-0.15, -0.1) is 0 Å². The third-order valence-corrected chi connectivity index (χ3v) is 31.8. The number of hydrogen-bond acceptors (Lipinski definition) is 0. The second-order valence-corrected chi connectivity index (χ2v) is 41.9. The van der Waals surface area contributed by atoms with Gasteiger partial charge in [-0.1, -0.05) is 200 Å². The van der Waals surface area contributed by atoms with Crippen molar-refractivity contribution in [2.45, 2.75) is 76.6 Å². The van der Waals surface area contributed by atoms with Crippen LogP contribution in [0.4, 0.5) is 0 Å². The molecule has 13 rings (SSSR count). The highest BCUT2D eigenvalue weighted by molar-refractivity contribution is 7.04. The van der Waals surface area contributed by atoms with E-state index in [0.29, 0.717) is 0 Å². The number of aromatic nitrogens is 3. The first-order valence-corrected chi connectivity index (χ1v) is 37.4. The molecule has 2 aliphatic heterocycles. The molecule has 3 aromatic heterocycles. The zero-order valence-electron chi connectivity index (χ0n) is 40.3. The van der Waals surface area contributed by atoms with Crippen LogP contribution in [0.5, 0.6) is 0 Å². The molecule has 330 valence electrons. The lowest BCUT2D eigenvalue weighted by Crippen LogP contribution is -2.64. The average molecular weight is 934 g/mol. The summed E-state index contributed by atoms with van der Waals surface area (Å²) in [6.07, 6.45) is 0. The van der Waals surface area contributed by atoms with Gasteiger partial charge in [0.2, 0.25) is 0 Å². The molecular formula is C60H59N3Si4. The van der Waals surface area contributed by atoms with Crippen LogP contribution >= 0.6 is 0 Å². The van der Waals surface area contributed by atoms with Gasteiger partial charge in [-0.2, -0.15) is 0 Å². The van der Waals surface area contributed by atoms with Crippen LogP contribution in [0.3, 0.4) is 0 Å². The van der Waals surface area contributed by atoms with Crippen LogP contribution in [-0.2, 0) is 0 Å². The summed E-state index contributed by atoms with van der Waals surface area (Å²) in [4.78, 5) is 0. The van der Waals surface area contributed by atoms with Gasteiger partial charge in [-0.3, -0.25) is 0 Å². The third-order valence-electron chi connectivity index (χ3n) is 16.8. The van der Waals surface area contributed by atoms with Crippen molar-refractivity contribution >= 4 is 118 Å². The first kappa shape index (κ1) is 41.2. The van der Waals surface area contributed by atoms with E-state index in [1.807, 2.05) is 0 Å². The molecule has 7 heteroatoms. The molecule has 2 aliphatic rings. The normalized spacial score (nSPS) is 17.2. The Labute approximate surface area is 398 Å². The Morgan fingerprint density at radius 2 is 0.567 bits per heavy atom. The molecule has 0 aliphatic carbocycles. The van der Waals surface area contributed by atoms with Crippen LogP contribution < -0.4 is 20.7 Å². The highest BCUT2D eigenvalue weighted by Crippen LogP contribution is 2.44. The Morgan fingerprint density at radius 1 is 0.284 bits per heavy atom. The van der Waals surface area contributed by atoms with Crippen molar-refractivity contribution in [1.82, 2.24) is 13.7 Å². The fourth-order valence-electron chi connectivity index (χ4n) is 12.7. The SMILES string of the molecule is C[Si]1(C)CC[Si](C)(C)c2cc(-n3c4ccccc4c4ccccc43)c(-c3cc4c(cc3-n3c5ccccc5c5cc(-n6c7ccccc7c7ccccc76)ccc53)[Si](C)(C)CC[Si]4(C)C)cc21. The fourth-order valence-corrected chi connectivity index (χ4v) is 33.2. The predicted octanol–water partition coefficient (Wildman–Crippen LogP) is 14.3. The van der Waals surface area contributed by atoms with Crippen molar-refractivity contribution in [2.75, 3.05) is 0 Å². The zero-order chi connectivity index (χ0) is 45.8. The summed E-state index contributed by atoms with van der Waals surface area (Å²) in [6.45, 7) is 21.2. The van der Waals surface area contributed by atoms with Crippen LogP contribution in [0.15, 0.2) is 164 Å². The van der Waals surface area contributed by atoms with E-state index in [9.17, 15) is 0 Å². The molecule has 0 radical (unpaired) electrons. The van der Waals surface area contributed by atoms with Crippen LogP contribution in [0.2, 0.25) is 76.6 Å². The number of hydrogen-bond donors (Lipinski definition) is 0. The highest BCUT2D eigenvalue weighted by atomic mass is 28.3. The first-order chi connectivity index (χ1) is 32.2. The van der Waals surface area contributed by atoms with Crippen molar-refractivity contribution in [3.8, 4) is 28.2 Å². The van der Waals surface area contributed by atoms with Crippen LogP contribution in [0.25, 0.3) is 93.6 Å². The summed E-state index contributed by atoms with van der Waals surface area (Å²) in [7, 11) is -7.08. The van der Waals surface area contributed by atoms with E-state index in [-0.39, 0.29) is 0 Å². The average Bonchev–Trinajstić information content (AvgIpc) is 3.97. The zero-order valence-corrected chi connectivity index (χ0v) is 44.3. The summed E-state index contributed by atoms with van der Waals surface area (Å²) < 4.78 is 7.81. The van der Waals surface area contributed by atoms with Gasteiger partial charge in [0.25, 0.3) is 0 Å². The number of rotatable bonds is 4. The Bertz CT molecular complexity index is 3790. The molecule has 0 bridgehead atoms. The quantitative estimate of drug-likeness (QED) is 0.156. The van der Waals surface area contributed by atoms with Crippen molar-refractivity contribution in [3.05, 3.63) is 164 Å². The van der Waals surface area contributed by atoms with Crippen LogP contribution in [-0.4, -0.2) is 46.0 Å². The summed E-state index contributed by atoms with van der Waals surface area (Å²) in [5, 5.41) is 14.6. The van der Waals surface area contributed by atoms with Gasteiger partial charge >= 0.3 is 0 Å². The Hall–Kier alpha value is -5.97. The molecule has 0 saturated carbocycles. The monoisotopic (exact) mass is 933 g/mol. The van der Waals surface area contributed by atoms with Crippen LogP contribution in [0.1, 0.15) is 0 Å². The summed E-state index contributed by atoms with van der Waals surface area (Å²) in [5.74, 6) is 0. The summed E-state index contributed by atoms with van der Waals surface area (Å²) >= 11 is 0. The fraction of sp³-hybridized carbons (Fsp3) is 0.200. The molecule has 11 aromatic rings. The van der Waals surface area contributed by atoms with Gasteiger partial charge in [0.1, 0.15) is 0 Å². The van der Waals surface area contributed by atoms with E-state index < -0.39 is 32.3 Å². The van der Waals surface area contributed by atoms with E-state index >= 15 is 0 Å². The lowest BCUT2D eigenvalue weighted by Gasteiger charge is -2.42. The molecule has 8 aromatic carbocycles. The van der Waals surface area contributed by atoms with Gasteiger partial charge in [-0.05, 0) is 60.7 Å². The van der Waals surface area contributed by atoms with E-state index in [4.69, 9.17) is 0 Å². The molecule has 5 heterocycles. The number of para-hydroxylation sites is 5. The van der Waals surface area contributed by atoms with Gasteiger partial charge in [-0.25, -0.2) is 0 Å². The van der Waals surface area contributed by atoms with Gasteiger partial charge in [0.05, 0.1) is 76.8 Å². The number of nitrogens with zero attached hydrogens (tertiary/aromatic N) is 3. The molecule has 0 fully saturated rings. The molecule has 0 unspecified atom stereocenters.